The molecule has 0 saturated heterocycles. The van der Waals surface area contributed by atoms with Crippen LogP contribution in [-0.4, -0.2) is 5.78 Å². The normalized spacial score (nSPS) is 19.8. The van der Waals surface area contributed by atoms with E-state index in [1.165, 1.54) is 5.56 Å². The highest BCUT2D eigenvalue weighted by Crippen LogP contribution is 2.45. The molecular formula is C21H18N2OS2. The van der Waals surface area contributed by atoms with Crippen LogP contribution in [0.4, 0.5) is 0 Å². The number of Topliss-reactive ketones (excluding diaryl/α,β-unsaturated/α-hetero) is 1. The van der Waals surface area contributed by atoms with Gasteiger partial charge in [-0.25, -0.2) is 0 Å². The third kappa shape index (κ3) is 3.23. The highest BCUT2D eigenvalue weighted by Gasteiger charge is 2.37. The number of nitrogens with one attached hydrogen (secondary N) is 1. The van der Waals surface area contributed by atoms with E-state index in [9.17, 15) is 10.1 Å². The molecule has 130 valence electrons. The molecule has 1 N–H and O–H groups in total. The number of hydrogen-bond acceptors (Lipinski definition) is 5. The molecule has 1 atom stereocenters. The largest absolute Gasteiger partial charge is 0.352 e. The lowest BCUT2D eigenvalue weighted by Gasteiger charge is -2.32. The molecule has 0 bridgehead atoms. The first kappa shape index (κ1) is 17.1. The number of rotatable bonds is 4. The van der Waals surface area contributed by atoms with E-state index in [2.05, 4.69) is 23.5 Å². The zero-order chi connectivity index (χ0) is 17.9. The smallest absolute Gasteiger partial charge is 0.161 e. The van der Waals surface area contributed by atoms with Crippen molar-refractivity contribution in [1.29, 1.82) is 5.26 Å². The molecule has 1 aliphatic heterocycles. The van der Waals surface area contributed by atoms with Crippen molar-refractivity contribution >= 4 is 28.9 Å². The van der Waals surface area contributed by atoms with Gasteiger partial charge in [0.15, 0.2) is 5.78 Å². The second kappa shape index (κ2) is 7.53. The maximum Gasteiger partial charge on any atom is 0.161 e. The number of carbonyl (C=O) groups excluding carboxylic acids is 1. The summed E-state index contributed by atoms with van der Waals surface area (Å²) >= 11 is 3.26. The summed E-state index contributed by atoms with van der Waals surface area (Å²) in [6, 6.07) is 16.7. The van der Waals surface area contributed by atoms with Gasteiger partial charge in [0.05, 0.1) is 22.6 Å². The maximum atomic E-state index is 12.6. The van der Waals surface area contributed by atoms with Crippen LogP contribution in [0.15, 0.2) is 69.7 Å². The molecule has 5 heteroatoms. The van der Waals surface area contributed by atoms with Crippen molar-refractivity contribution in [2.75, 3.05) is 0 Å². The van der Waals surface area contributed by atoms with Crippen LogP contribution in [0.5, 0.6) is 0 Å². The van der Waals surface area contributed by atoms with E-state index in [1.807, 2.05) is 35.7 Å². The van der Waals surface area contributed by atoms with Crippen molar-refractivity contribution in [2.24, 2.45) is 0 Å². The molecule has 2 aliphatic rings. The minimum absolute atomic E-state index is 0.178. The minimum atomic E-state index is -0.220. The van der Waals surface area contributed by atoms with Crippen LogP contribution < -0.4 is 5.32 Å². The van der Waals surface area contributed by atoms with Crippen molar-refractivity contribution < 1.29 is 4.79 Å². The first-order valence-corrected chi connectivity index (χ1v) is 10.5. The number of thioether (sulfide) groups is 1. The van der Waals surface area contributed by atoms with Crippen LogP contribution in [0.3, 0.4) is 0 Å². The average Bonchev–Trinajstić information content (AvgIpc) is 3.20. The molecule has 0 amide bonds. The second-order valence-electron chi connectivity index (χ2n) is 6.37. The van der Waals surface area contributed by atoms with E-state index in [-0.39, 0.29) is 11.7 Å². The van der Waals surface area contributed by atoms with Gasteiger partial charge in [0, 0.05) is 28.3 Å². The number of thiophene rings is 1. The molecule has 1 aromatic heterocycles. The molecule has 0 spiro atoms. The lowest BCUT2D eigenvalue weighted by molar-refractivity contribution is -0.116. The number of carbonyl (C=O) groups is 1. The molecule has 2 aromatic rings. The number of nitrogens with zero attached hydrogens (tertiary/aromatic N) is 1. The lowest BCUT2D eigenvalue weighted by atomic mass is 9.79. The van der Waals surface area contributed by atoms with Crippen LogP contribution >= 0.6 is 23.1 Å². The van der Waals surface area contributed by atoms with Crippen LogP contribution in [-0.2, 0) is 10.5 Å². The van der Waals surface area contributed by atoms with Gasteiger partial charge in [0.25, 0.3) is 0 Å². The van der Waals surface area contributed by atoms with Gasteiger partial charge in [-0.1, -0.05) is 36.4 Å². The average molecular weight is 379 g/mol. The van der Waals surface area contributed by atoms with Gasteiger partial charge in [0.1, 0.15) is 0 Å². The summed E-state index contributed by atoms with van der Waals surface area (Å²) in [6.45, 7) is 0. The number of nitriles is 1. The second-order valence-corrected chi connectivity index (χ2v) is 8.34. The van der Waals surface area contributed by atoms with Crippen molar-refractivity contribution in [2.45, 2.75) is 30.9 Å². The van der Waals surface area contributed by atoms with Gasteiger partial charge in [-0.15, -0.1) is 23.1 Å². The predicted octanol–water partition coefficient (Wildman–Crippen LogP) is 5.11. The van der Waals surface area contributed by atoms with Crippen LogP contribution in [0, 0.1) is 11.3 Å². The number of dihydropyridines is 1. The summed E-state index contributed by atoms with van der Waals surface area (Å²) in [5, 5.41) is 16.2. The van der Waals surface area contributed by atoms with Crippen LogP contribution in [0.1, 0.15) is 35.6 Å². The van der Waals surface area contributed by atoms with Crippen molar-refractivity contribution in [3.8, 4) is 6.07 Å². The first-order chi connectivity index (χ1) is 12.8. The molecule has 0 unspecified atom stereocenters. The third-order valence-electron chi connectivity index (χ3n) is 4.72. The van der Waals surface area contributed by atoms with Crippen molar-refractivity contribution in [3.05, 3.63) is 80.2 Å². The Morgan fingerprint density at radius 3 is 2.77 bits per heavy atom. The molecule has 2 heterocycles. The summed E-state index contributed by atoms with van der Waals surface area (Å²) in [5.74, 6) is 0.751. The SMILES string of the molecule is N#CC1=C(SCc2ccccc2)NC2=C(C(=O)CCC2)[C@@H]1c1cccs1. The summed E-state index contributed by atoms with van der Waals surface area (Å²) < 4.78 is 0. The molecule has 0 fully saturated rings. The lowest BCUT2D eigenvalue weighted by Crippen LogP contribution is -2.31. The highest BCUT2D eigenvalue weighted by molar-refractivity contribution is 8.02. The summed E-state index contributed by atoms with van der Waals surface area (Å²) in [6.07, 6.45) is 2.32. The van der Waals surface area contributed by atoms with Gasteiger partial charge in [-0.05, 0) is 29.9 Å². The Hall–Kier alpha value is -2.29. The summed E-state index contributed by atoms with van der Waals surface area (Å²) in [5.41, 5.74) is 3.70. The molecule has 3 nitrogen and oxygen atoms in total. The topological polar surface area (TPSA) is 52.9 Å². The Bertz CT molecular complexity index is 921. The number of hydrogen-bond donors (Lipinski definition) is 1. The molecule has 0 saturated carbocycles. The van der Waals surface area contributed by atoms with Gasteiger partial charge in [-0.3, -0.25) is 4.79 Å². The Kier molecular flexibility index (Phi) is 4.96. The Labute approximate surface area is 161 Å². The highest BCUT2D eigenvalue weighted by atomic mass is 32.2. The molecular weight excluding hydrogens is 360 g/mol. The fraction of sp³-hybridized carbons (Fsp3) is 0.238. The molecule has 26 heavy (non-hydrogen) atoms. The fourth-order valence-electron chi connectivity index (χ4n) is 3.51. The quantitative estimate of drug-likeness (QED) is 0.803. The van der Waals surface area contributed by atoms with E-state index in [0.29, 0.717) is 12.0 Å². The molecule has 4 rings (SSSR count). The van der Waals surface area contributed by atoms with Crippen LogP contribution in [0.25, 0.3) is 0 Å². The number of benzene rings is 1. The van der Waals surface area contributed by atoms with E-state index >= 15 is 0 Å². The molecule has 1 aliphatic carbocycles. The zero-order valence-corrected chi connectivity index (χ0v) is 15.8. The maximum absolute atomic E-state index is 12.6. The van der Waals surface area contributed by atoms with Gasteiger partial charge in [0.2, 0.25) is 0 Å². The molecule has 1 aromatic carbocycles. The minimum Gasteiger partial charge on any atom is -0.352 e. The Morgan fingerprint density at radius 1 is 1.19 bits per heavy atom. The van der Waals surface area contributed by atoms with E-state index in [1.54, 1.807) is 23.1 Å². The Balaban J connectivity index is 1.72. The van der Waals surface area contributed by atoms with Gasteiger partial charge in [-0.2, -0.15) is 5.26 Å². The van der Waals surface area contributed by atoms with E-state index in [0.717, 1.165) is 39.8 Å². The van der Waals surface area contributed by atoms with Crippen molar-refractivity contribution in [1.82, 2.24) is 5.32 Å². The fourth-order valence-corrected chi connectivity index (χ4v) is 5.37. The van der Waals surface area contributed by atoms with Crippen LogP contribution in [0.2, 0.25) is 0 Å². The number of ketones is 1. The zero-order valence-electron chi connectivity index (χ0n) is 14.2. The van der Waals surface area contributed by atoms with E-state index < -0.39 is 0 Å². The van der Waals surface area contributed by atoms with E-state index in [4.69, 9.17) is 0 Å². The first-order valence-electron chi connectivity index (χ1n) is 8.65. The predicted molar refractivity (Wildman–Crippen MR) is 106 cm³/mol. The Morgan fingerprint density at radius 2 is 2.04 bits per heavy atom. The number of allylic oxidation sites excluding steroid dienone is 3. The van der Waals surface area contributed by atoms with Gasteiger partial charge < -0.3 is 5.32 Å². The van der Waals surface area contributed by atoms with Gasteiger partial charge >= 0.3 is 0 Å². The molecule has 0 radical (unpaired) electrons. The summed E-state index contributed by atoms with van der Waals surface area (Å²) in [7, 11) is 0. The summed E-state index contributed by atoms with van der Waals surface area (Å²) in [4.78, 5) is 13.7. The monoisotopic (exact) mass is 378 g/mol. The standard InChI is InChI=1S/C21H18N2OS2/c22-12-15-19(18-10-5-11-25-18)20-16(8-4-9-17(20)24)23-21(15)26-13-14-6-2-1-3-7-14/h1-3,5-7,10-11,19,23H,4,8-9,13H2/t19-/m0/s1. The third-order valence-corrected chi connectivity index (χ3v) is 6.74. The van der Waals surface area contributed by atoms with Crippen molar-refractivity contribution in [3.63, 3.8) is 0 Å².